The van der Waals surface area contributed by atoms with Gasteiger partial charge in [0.15, 0.2) is 0 Å². The maximum atomic E-state index is 11.6. The van der Waals surface area contributed by atoms with Gasteiger partial charge in [-0.25, -0.2) is 4.79 Å². The molecular formula is C18H19N3O3. The van der Waals surface area contributed by atoms with Crippen LogP contribution in [-0.2, 0) is 11.2 Å². The molecule has 0 fully saturated rings. The number of anilines is 1. The topological polar surface area (TPSA) is 76.2 Å². The van der Waals surface area contributed by atoms with Crippen LogP contribution in [0.3, 0.4) is 0 Å². The second kappa shape index (κ2) is 7.04. The Morgan fingerprint density at radius 2 is 2.04 bits per heavy atom. The van der Waals surface area contributed by atoms with E-state index in [1.54, 1.807) is 12.1 Å². The molecule has 0 atom stereocenters. The molecule has 0 unspecified atom stereocenters. The molecule has 0 aliphatic rings. The summed E-state index contributed by atoms with van der Waals surface area (Å²) in [6.45, 7) is 0.718. The molecule has 6 heteroatoms. The Morgan fingerprint density at radius 3 is 2.83 bits per heavy atom. The number of nitrogens with zero attached hydrogens (tertiary/aromatic N) is 1. The fourth-order valence-electron chi connectivity index (χ4n) is 2.62. The van der Waals surface area contributed by atoms with E-state index in [9.17, 15) is 4.79 Å². The minimum Gasteiger partial charge on any atom is -0.480 e. The molecular weight excluding hydrogens is 306 g/mol. The Hall–Kier alpha value is -3.02. The molecule has 0 saturated heterocycles. The smallest absolute Gasteiger partial charge is 0.343 e. The number of H-pyrrole nitrogens is 1. The third-order valence-electron chi connectivity index (χ3n) is 3.83. The van der Waals surface area contributed by atoms with Crippen molar-refractivity contribution in [2.45, 2.75) is 6.42 Å². The largest absolute Gasteiger partial charge is 0.480 e. The van der Waals surface area contributed by atoms with Crippen molar-refractivity contribution in [3.8, 4) is 5.88 Å². The first kappa shape index (κ1) is 15.9. The number of hydrogen-bond acceptors (Lipinski definition) is 5. The molecule has 124 valence electrons. The van der Waals surface area contributed by atoms with Crippen molar-refractivity contribution in [1.82, 2.24) is 9.97 Å². The minimum absolute atomic E-state index is 0.249. The van der Waals surface area contributed by atoms with Crippen LogP contribution < -0.4 is 10.1 Å². The van der Waals surface area contributed by atoms with E-state index in [2.05, 4.69) is 27.4 Å². The number of esters is 1. The molecule has 0 aliphatic heterocycles. The molecule has 3 aromatic rings. The van der Waals surface area contributed by atoms with E-state index < -0.39 is 5.97 Å². The molecule has 0 radical (unpaired) electrons. The van der Waals surface area contributed by atoms with E-state index >= 15 is 0 Å². The summed E-state index contributed by atoms with van der Waals surface area (Å²) >= 11 is 0. The standard InChI is InChI=1S/C18H19N3O3/c1-23-17-14(18(22)24-2)7-8-16(21-17)19-10-9-12-11-20-15-6-4-3-5-13(12)15/h3-8,11,20H,9-10H2,1-2H3,(H,19,21). The third kappa shape index (κ3) is 3.17. The zero-order chi connectivity index (χ0) is 16.9. The van der Waals surface area contributed by atoms with Crippen molar-refractivity contribution in [3.63, 3.8) is 0 Å². The number of para-hydroxylation sites is 1. The monoisotopic (exact) mass is 325 g/mol. The summed E-state index contributed by atoms with van der Waals surface area (Å²) in [6.07, 6.45) is 2.88. The summed E-state index contributed by atoms with van der Waals surface area (Å²) in [4.78, 5) is 19.2. The second-order valence-electron chi connectivity index (χ2n) is 5.28. The first-order chi connectivity index (χ1) is 11.7. The van der Waals surface area contributed by atoms with Crippen molar-refractivity contribution in [2.24, 2.45) is 0 Å². The fourth-order valence-corrected chi connectivity index (χ4v) is 2.62. The Balaban J connectivity index is 1.67. The summed E-state index contributed by atoms with van der Waals surface area (Å²) in [6, 6.07) is 11.6. The number of pyridine rings is 1. The molecule has 2 N–H and O–H groups in total. The molecule has 0 spiro atoms. The predicted molar refractivity (Wildman–Crippen MR) is 92.6 cm³/mol. The summed E-state index contributed by atoms with van der Waals surface area (Å²) in [5, 5.41) is 4.48. The van der Waals surface area contributed by atoms with Gasteiger partial charge in [0.2, 0.25) is 5.88 Å². The highest BCUT2D eigenvalue weighted by molar-refractivity contribution is 5.92. The van der Waals surface area contributed by atoms with Gasteiger partial charge in [-0.3, -0.25) is 0 Å². The Morgan fingerprint density at radius 1 is 1.21 bits per heavy atom. The van der Waals surface area contributed by atoms with Crippen LogP contribution in [0.2, 0.25) is 0 Å². The zero-order valence-electron chi connectivity index (χ0n) is 13.6. The van der Waals surface area contributed by atoms with Gasteiger partial charge in [0.05, 0.1) is 14.2 Å². The number of aromatic amines is 1. The van der Waals surface area contributed by atoms with Gasteiger partial charge < -0.3 is 19.8 Å². The van der Waals surface area contributed by atoms with Crippen LogP contribution in [0.15, 0.2) is 42.6 Å². The zero-order valence-corrected chi connectivity index (χ0v) is 13.6. The van der Waals surface area contributed by atoms with Crippen molar-refractivity contribution < 1.29 is 14.3 Å². The summed E-state index contributed by atoms with van der Waals surface area (Å²) in [5.74, 6) is 0.433. The van der Waals surface area contributed by atoms with E-state index in [0.29, 0.717) is 11.4 Å². The second-order valence-corrected chi connectivity index (χ2v) is 5.28. The van der Waals surface area contributed by atoms with Crippen molar-refractivity contribution >= 4 is 22.7 Å². The number of carbonyl (C=O) groups excluding carboxylic acids is 1. The maximum Gasteiger partial charge on any atom is 0.343 e. The number of methoxy groups -OCH3 is 2. The van der Waals surface area contributed by atoms with Crippen LogP contribution in [0, 0.1) is 0 Å². The van der Waals surface area contributed by atoms with E-state index in [-0.39, 0.29) is 5.88 Å². The fraction of sp³-hybridized carbons (Fsp3) is 0.222. The predicted octanol–water partition coefficient (Wildman–Crippen LogP) is 3.01. The molecule has 2 heterocycles. The van der Waals surface area contributed by atoms with Gasteiger partial charge in [0.1, 0.15) is 11.4 Å². The Bertz CT molecular complexity index is 858. The Labute approximate surface area is 139 Å². The maximum absolute atomic E-state index is 11.6. The van der Waals surface area contributed by atoms with E-state index in [0.717, 1.165) is 18.5 Å². The molecule has 24 heavy (non-hydrogen) atoms. The lowest BCUT2D eigenvalue weighted by Crippen LogP contribution is -2.09. The molecule has 0 bridgehead atoms. The highest BCUT2D eigenvalue weighted by Gasteiger charge is 2.14. The van der Waals surface area contributed by atoms with Gasteiger partial charge in [-0.15, -0.1) is 0 Å². The number of carbonyl (C=O) groups is 1. The van der Waals surface area contributed by atoms with Gasteiger partial charge in [-0.05, 0) is 30.2 Å². The number of nitrogens with one attached hydrogen (secondary N) is 2. The highest BCUT2D eigenvalue weighted by atomic mass is 16.5. The van der Waals surface area contributed by atoms with Gasteiger partial charge >= 0.3 is 5.97 Å². The van der Waals surface area contributed by atoms with Crippen LogP contribution in [0.25, 0.3) is 10.9 Å². The molecule has 0 aliphatic carbocycles. The lowest BCUT2D eigenvalue weighted by atomic mass is 10.1. The number of aromatic nitrogens is 2. The van der Waals surface area contributed by atoms with Crippen molar-refractivity contribution in [2.75, 3.05) is 26.1 Å². The van der Waals surface area contributed by atoms with Crippen LogP contribution in [0.4, 0.5) is 5.82 Å². The van der Waals surface area contributed by atoms with Crippen LogP contribution in [0.5, 0.6) is 5.88 Å². The number of rotatable bonds is 6. The first-order valence-electron chi connectivity index (χ1n) is 7.65. The van der Waals surface area contributed by atoms with Crippen molar-refractivity contribution in [3.05, 3.63) is 53.7 Å². The third-order valence-corrected chi connectivity index (χ3v) is 3.83. The molecule has 1 aromatic carbocycles. The molecule has 2 aromatic heterocycles. The average Bonchev–Trinajstić information content (AvgIpc) is 3.04. The highest BCUT2D eigenvalue weighted by Crippen LogP contribution is 2.20. The van der Waals surface area contributed by atoms with E-state index in [4.69, 9.17) is 9.47 Å². The lowest BCUT2D eigenvalue weighted by Gasteiger charge is -2.09. The van der Waals surface area contributed by atoms with Crippen LogP contribution in [0.1, 0.15) is 15.9 Å². The lowest BCUT2D eigenvalue weighted by molar-refractivity contribution is 0.0596. The number of ether oxygens (including phenoxy) is 2. The van der Waals surface area contributed by atoms with Crippen LogP contribution in [-0.4, -0.2) is 36.7 Å². The van der Waals surface area contributed by atoms with E-state index in [1.165, 1.54) is 25.2 Å². The van der Waals surface area contributed by atoms with Gasteiger partial charge in [-0.1, -0.05) is 18.2 Å². The van der Waals surface area contributed by atoms with Crippen LogP contribution >= 0.6 is 0 Å². The molecule has 0 amide bonds. The summed E-state index contributed by atoms with van der Waals surface area (Å²) in [7, 11) is 2.81. The number of benzene rings is 1. The first-order valence-corrected chi connectivity index (χ1v) is 7.65. The molecule has 6 nitrogen and oxygen atoms in total. The number of hydrogen-bond donors (Lipinski definition) is 2. The van der Waals surface area contributed by atoms with Crippen molar-refractivity contribution in [1.29, 1.82) is 0 Å². The minimum atomic E-state index is -0.468. The molecule has 3 rings (SSSR count). The van der Waals surface area contributed by atoms with E-state index in [1.807, 2.05) is 18.3 Å². The summed E-state index contributed by atoms with van der Waals surface area (Å²) < 4.78 is 9.87. The molecule has 0 saturated carbocycles. The quantitative estimate of drug-likeness (QED) is 0.681. The normalized spacial score (nSPS) is 10.6. The number of fused-ring (bicyclic) bond motifs is 1. The SMILES string of the molecule is COC(=O)c1ccc(NCCc2c[nH]c3ccccc23)nc1OC. The van der Waals surface area contributed by atoms with Gasteiger partial charge in [-0.2, -0.15) is 4.98 Å². The van der Waals surface area contributed by atoms with Gasteiger partial charge in [0.25, 0.3) is 0 Å². The average molecular weight is 325 g/mol. The van der Waals surface area contributed by atoms with Gasteiger partial charge in [0, 0.05) is 23.6 Å². The Kier molecular flexibility index (Phi) is 4.65. The summed E-state index contributed by atoms with van der Waals surface area (Å²) in [5.41, 5.74) is 2.69.